The van der Waals surface area contributed by atoms with Crippen molar-refractivity contribution in [1.82, 2.24) is 5.06 Å². The molecule has 4 heteroatoms. The van der Waals surface area contributed by atoms with Crippen molar-refractivity contribution in [3.8, 4) is 0 Å². The average molecular weight is 255 g/mol. The third kappa shape index (κ3) is 2.12. The predicted octanol–water partition coefficient (Wildman–Crippen LogP) is 2.27. The molecule has 0 aromatic heterocycles. The summed E-state index contributed by atoms with van der Waals surface area (Å²) < 4.78 is 0. The molecule has 1 atom stereocenters. The molecular formula is C15H13NO3. The molecule has 0 saturated heterocycles. The maximum absolute atomic E-state index is 12.1. The lowest BCUT2D eigenvalue weighted by Crippen LogP contribution is -2.28. The van der Waals surface area contributed by atoms with Crippen LogP contribution in [0.5, 0.6) is 0 Å². The quantitative estimate of drug-likeness (QED) is 0.915. The Bertz CT molecular complexity index is 597. The van der Waals surface area contributed by atoms with Crippen LogP contribution in [-0.4, -0.2) is 16.1 Å². The second-order valence-electron chi connectivity index (χ2n) is 4.35. The van der Waals surface area contributed by atoms with E-state index in [0.717, 1.165) is 10.6 Å². The third-order valence-electron chi connectivity index (χ3n) is 3.10. The highest BCUT2D eigenvalue weighted by Gasteiger charge is 2.36. The molecule has 0 spiro atoms. The molecule has 0 aliphatic carbocycles. The Kier molecular flexibility index (Phi) is 3.03. The molecular weight excluding hydrogens is 242 g/mol. The molecule has 19 heavy (non-hydrogen) atoms. The summed E-state index contributed by atoms with van der Waals surface area (Å²) in [5.74, 6) is -0.306. The van der Waals surface area contributed by atoms with E-state index in [1.165, 1.54) is 0 Å². The van der Waals surface area contributed by atoms with Gasteiger partial charge in [0.2, 0.25) is 0 Å². The van der Waals surface area contributed by atoms with E-state index < -0.39 is 6.23 Å². The molecule has 1 heterocycles. The highest BCUT2D eigenvalue weighted by atomic mass is 16.7. The summed E-state index contributed by atoms with van der Waals surface area (Å²) in [4.78, 5) is 17.5. The van der Waals surface area contributed by atoms with Crippen molar-refractivity contribution >= 4 is 5.91 Å². The first-order valence-corrected chi connectivity index (χ1v) is 6.05. The fourth-order valence-electron chi connectivity index (χ4n) is 2.12. The van der Waals surface area contributed by atoms with Crippen molar-refractivity contribution in [2.45, 2.75) is 12.8 Å². The number of aliphatic hydroxyl groups is 1. The van der Waals surface area contributed by atoms with E-state index in [1.54, 1.807) is 24.3 Å². The van der Waals surface area contributed by atoms with Crippen molar-refractivity contribution in [3.63, 3.8) is 0 Å². The Morgan fingerprint density at radius 2 is 1.74 bits per heavy atom. The highest BCUT2D eigenvalue weighted by Crippen LogP contribution is 2.31. The van der Waals surface area contributed by atoms with Gasteiger partial charge in [0, 0.05) is 11.1 Å². The molecule has 0 saturated carbocycles. The van der Waals surface area contributed by atoms with Gasteiger partial charge in [0.1, 0.15) is 6.61 Å². The van der Waals surface area contributed by atoms with Gasteiger partial charge in [-0.2, -0.15) is 5.06 Å². The van der Waals surface area contributed by atoms with Gasteiger partial charge >= 0.3 is 0 Å². The van der Waals surface area contributed by atoms with Crippen LogP contribution in [-0.2, 0) is 11.4 Å². The smallest absolute Gasteiger partial charge is 0.280 e. The summed E-state index contributed by atoms with van der Waals surface area (Å²) in [6.07, 6.45) is -1.03. The zero-order valence-corrected chi connectivity index (χ0v) is 10.2. The first-order chi connectivity index (χ1) is 9.27. The van der Waals surface area contributed by atoms with E-state index in [9.17, 15) is 9.90 Å². The van der Waals surface area contributed by atoms with Crippen LogP contribution in [0.15, 0.2) is 54.6 Å². The van der Waals surface area contributed by atoms with Crippen molar-refractivity contribution in [2.75, 3.05) is 0 Å². The second-order valence-corrected chi connectivity index (χ2v) is 4.35. The third-order valence-corrected chi connectivity index (χ3v) is 3.10. The standard InChI is InChI=1S/C15H13NO3/c17-14-12-8-4-5-9-13(12)15(18)16(14)19-10-11-6-2-1-3-7-11/h1-9,14,17H,10H2. The molecule has 96 valence electrons. The number of hydroxylamine groups is 2. The Morgan fingerprint density at radius 3 is 2.47 bits per heavy atom. The monoisotopic (exact) mass is 255 g/mol. The van der Waals surface area contributed by atoms with Crippen LogP contribution in [0.25, 0.3) is 0 Å². The van der Waals surface area contributed by atoms with Crippen LogP contribution in [0.4, 0.5) is 0 Å². The molecule has 0 radical (unpaired) electrons. The van der Waals surface area contributed by atoms with Gasteiger partial charge in [-0.25, -0.2) is 0 Å². The van der Waals surface area contributed by atoms with E-state index in [2.05, 4.69) is 0 Å². The average Bonchev–Trinajstić information content (AvgIpc) is 2.71. The fourth-order valence-corrected chi connectivity index (χ4v) is 2.12. The van der Waals surface area contributed by atoms with Gasteiger partial charge in [-0.3, -0.25) is 9.63 Å². The van der Waals surface area contributed by atoms with Crippen LogP contribution in [0.1, 0.15) is 27.7 Å². The summed E-state index contributed by atoms with van der Waals surface area (Å²) in [5, 5.41) is 11.1. The first-order valence-electron chi connectivity index (χ1n) is 6.05. The number of fused-ring (bicyclic) bond motifs is 1. The topological polar surface area (TPSA) is 49.8 Å². The Labute approximate surface area is 110 Å². The van der Waals surface area contributed by atoms with Crippen LogP contribution < -0.4 is 0 Å². The normalized spacial score (nSPS) is 17.6. The number of amides is 1. The molecule has 1 unspecified atom stereocenters. The van der Waals surface area contributed by atoms with Gasteiger partial charge in [0.25, 0.3) is 5.91 Å². The summed E-state index contributed by atoms with van der Waals surface area (Å²) >= 11 is 0. The fraction of sp³-hybridized carbons (Fsp3) is 0.133. The summed E-state index contributed by atoms with van der Waals surface area (Å²) in [6.45, 7) is 0.248. The van der Waals surface area contributed by atoms with E-state index in [0.29, 0.717) is 11.1 Å². The van der Waals surface area contributed by atoms with Gasteiger partial charge in [0.05, 0.1) is 0 Å². The zero-order chi connectivity index (χ0) is 13.2. The van der Waals surface area contributed by atoms with E-state index >= 15 is 0 Å². The first kappa shape index (κ1) is 11.9. The molecule has 1 aliphatic rings. The molecule has 0 bridgehead atoms. The maximum atomic E-state index is 12.1. The highest BCUT2D eigenvalue weighted by molar-refractivity contribution is 5.98. The Morgan fingerprint density at radius 1 is 1.05 bits per heavy atom. The largest absolute Gasteiger partial charge is 0.367 e. The van der Waals surface area contributed by atoms with Gasteiger partial charge in [-0.05, 0) is 11.6 Å². The molecule has 4 nitrogen and oxygen atoms in total. The Balaban J connectivity index is 1.76. The van der Waals surface area contributed by atoms with Crippen molar-refractivity contribution in [3.05, 3.63) is 71.3 Å². The lowest BCUT2D eigenvalue weighted by molar-refractivity contribution is -0.206. The summed E-state index contributed by atoms with van der Waals surface area (Å²) in [6, 6.07) is 16.5. The van der Waals surface area contributed by atoms with Crippen LogP contribution in [0.2, 0.25) is 0 Å². The SMILES string of the molecule is O=C1c2ccccc2C(O)N1OCc1ccccc1. The zero-order valence-electron chi connectivity index (χ0n) is 10.2. The van der Waals surface area contributed by atoms with Crippen molar-refractivity contribution in [1.29, 1.82) is 0 Å². The number of aliphatic hydroxyl groups excluding tert-OH is 1. The number of carbonyl (C=O) groups is 1. The Hall–Kier alpha value is -2.17. The molecule has 1 amide bonds. The molecule has 3 rings (SSSR count). The molecule has 1 N–H and O–H groups in total. The number of carbonyl (C=O) groups excluding carboxylic acids is 1. The molecule has 0 fully saturated rings. The minimum atomic E-state index is -1.03. The van der Waals surface area contributed by atoms with E-state index in [4.69, 9.17) is 4.84 Å². The van der Waals surface area contributed by atoms with Gasteiger partial charge in [-0.1, -0.05) is 48.5 Å². The number of nitrogens with zero attached hydrogens (tertiary/aromatic N) is 1. The minimum Gasteiger partial charge on any atom is -0.367 e. The number of benzene rings is 2. The summed E-state index contributed by atoms with van der Waals surface area (Å²) in [5.41, 5.74) is 2.02. The van der Waals surface area contributed by atoms with Crippen molar-refractivity contribution in [2.24, 2.45) is 0 Å². The number of hydrogen-bond acceptors (Lipinski definition) is 3. The number of hydrogen-bond donors (Lipinski definition) is 1. The van der Waals surface area contributed by atoms with Gasteiger partial charge in [0.15, 0.2) is 6.23 Å². The van der Waals surface area contributed by atoms with Crippen LogP contribution in [0, 0.1) is 0 Å². The summed E-state index contributed by atoms with van der Waals surface area (Å²) in [7, 11) is 0. The lowest BCUT2D eigenvalue weighted by Gasteiger charge is -2.19. The van der Waals surface area contributed by atoms with Gasteiger partial charge < -0.3 is 5.11 Å². The maximum Gasteiger partial charge on any atom is 0.280 e. The minimum absolute atomic E-state index is 0.248. The predicted molar refractivity (Wildman–Crippen MR) is 68.8 cm³/mol. The van der Waals surface area contributed by atoms with Crippen molar-refractivity contribution < 1.29 is 14.7 Å². The second kappa shape index (κ2) is 4.84. The van der Waals surface area contributed by atoms with E-state index in [1.807, 2.05) is 30.3 Å². The van der Waals surface area contributed by atoms with Crippen LogP contribution >= 0.6 is 0 Å². The van der Waals surface area contributed by atoms with Crippen LogP contribution in [0.3, 0.4) is 0 Å². The van der Waals surface area contributed by atoms with E-state index in [-0.39, 0.29) is 12.5 Å². The molecule has 2 aromatic rings. The number of rotatable bonds is 3. The van der Waals surface area contributed by atoms with Gasteiger partial charge in [-0.15, -0.1) is 0 Å². The molecule has 1 aliphatic heterocycles. The molecule has 2 aromatic carbocycles. The lowest BCUT2D eigenvalue weighted by atomic mass is 10.1.